The summed E-state index contributed by atoms with van der Waals surface area (Å²) in [5.74, 6) is 0.658. The molecule has 0 aliphatic heterocycles. The summed E-state index contributed by atoms with van der Waals surface area (Å²) in [5, 5.41) is 20.0. The molecule has 3 N–H and O–H groups in total. The lowest BCUT2D eigenvalue weighted by molar-refractivity contribution is -0.958. The molecule has 10 nitrogen and oxygen atoms in total. The lowest BCUT2D eigenvalue weighted by atomic mass is 10.2. The largest absolute Gasteiger partial charge is 0.558 e. The van der Waals surface area contributed by atoms with E-state index in [2.05, 4.69) is 35.9 Å². The van der Waals surface area contributed by atoms with Crippen molar-refractivity contribution in [2.45, 2.75) is 25.2 Å². The summed E-state index contributed by atoms with van der Waals surface area (Å²) in [6.45, 7) is 0. The van der Waals surface area contributed by atoms with Crippen molar-refractivity contribution in [3.8, 4) is 0 Å². The van der Waals surface area contributed by atoms with Crippen molar-refractivity contribution in [2.24, 2.45) is 7.05 Å². The second kappa shape index (κ2) is 7.10. The number of tetrazole rings is 1. The topological polar surface area (TPSA) is 104 Å². The van der Waals surface area contributed by atoms with Crippen LogP contribution in [-0.4, -0.2) is 30.1 Å². The van der Waals surface area contributed by atoms with E-state index in [9.17, 15) is 13.2 Å². The molecule has 1 aromatic carbocycles. The molecule has 0 unspecified atom stereocenters. The number of hydrogen-bond donors (Lipinski definition) is 3. The Labute approximate surface area is 187 Å². The predicted octanol–water partition coefficient (Wildman–Crippen LogP) is 3.17. The highest BCUT2D eigenvalue weighted by molar-refractivity contribution is 7.17. The molecule has 1 aliphatic carbocycles. The van der Waals surface area contributed by atoms with Gasteiger partial charge >= 0.3 is 18.2 Å². The first-order valence-corrected chi connectivity index (χ1v) is 11.0. The minimum absolute atomic E-state index is 0.0143. The predicted molar refractivity (Wildman–Crippen MR) is 113 cm³/mol. The first kappa shape index (κ1) is 19.8. The Morgan fingerprint density at radius 3 is 2.82 bits per heavy atom. The number of nitrogens with one attached hydrogen (secondary N) is 3. The summed E-state index contributed by atoms with van der Waals surface area (Å²) in [5.41, 5.74) is 2.36. The van der Waals surface area contributed by atoms with E-state index in [4.69, 9.17) is 0 Å². The van der Waals surface area contributed by atoms with Crippen LogP contribution >= 0.6 is 11.3 Å². The zero-order valence-electron chi connectivity index (χ0n) is 17.1. The number of thiophene rings is 1. The second-order valence-electron chi connectivity index (χ2n) is 7.71. The van der Waals surface area contributed by atoms with E-state index in [0.717, 1.165) is 30.8 Å². The van der Waals surface area contributed by atoms with E-state index in [1.165, 1.54) is 18.4 Å². The fourth-order valence-corrected chi connectivity index (χ4v) is 4.40. The van der Waals surface area contributed by atoms with Gasteiger partial charge in [0.2, 0.25) is 5.10 Å². The van der Waals surface area contributed by atoms with E-state index in [1.807, 2.05) is 29.6 Å². The fraction of sp³-hybridized carbons (Fsp3) is 0.263. The molecule has 4 heterocycles. The van der Waals surface area contributed by atoms with Gasteiger partial charge in [0.25, 0.3) is 0 Å². The van der Waals surface area contributed by atoms with Gasteiger partial charge in [-0.25, -0.2) is 0 Å². The minimum atomic E-state index is -4.61. The first-order chi connectivity index (χ1) is 15.9. The molecule has 0 saturated heterocycles. The standard InChI is InChI=1S/C19H15F3N10S/c1-30-18(29-31(12-3-4-12)32(30)19(20,21)22)27-17-25-14-6-7-33-15(14)16(26-17)24-11-2-5-13-10(8-11)9-23-28-13/h2,5-9,12H,3-4H2,1H3,(H,25,26,27,29)/p+2. The van der Waals surface area contributed by atoms with Crippen molar-refractivity contribution >= 4 is 55.9 Å². The summed E-state index contributed by atoms with van der Waals surface area (Å²) in [6.07, 6.45) is -1.57. The van der Waals surface area contributed by atoms with Crippen molar-refractivity contribution in [2.75, 3.05) is 10.6 Å². The average molecular weight is 474 g/mol. The van der Waals surface area contributed by atoms with Gasteiger partial charge in [-0.15, -0.1) is 24.5 Å². The van der Waals surface area contributed by atoms with E-state index < -0.39 is 6.30 Å². The van der Waals surface area contributed by atoms with Crippen LogP contribution in [0.15, 0.2) is 35.8 Å². The van der Waals surface area contributed by atoms with Crippen LogP contribution in [0.3, 0.4) is 0 Å². The Bertz CT molecular complexity index is 1500. The quantitative estimate of drug-likeness (QED) is 0.338. The third-order valence-electron chi connectivity index (χ3n) is 5.31. The monoisotopic (exact) mass is 474 g/mol. The highest BCUT2D eigenvalue weighted by Gasteiger charge is 2.51. The summed E-state index contributed by atoms with van der Waals surface area (Å²) in [6, 6.07) is 7.27. The number of hydrogen-bond acceptors (Lipinski definition) is 7. The number of nitrogens with zero attached hydrogens (tertiary/aromatic N) is 7. The van der Waals surface area contributed by atoms with Crippen LogP contribution in [0.5, 0.6) is 0 Å². The molecule has 0 atom stereocenters. The van der Waals surface area contributed by atoms with E-state index in [0.29, 0.717) is 24.2 Å². The third kappa shape index (κ3) is 3.51. The maximum absolute atomic E-state index is 13.6. The maximum Gasteiger partial charge on any atom is 0.558 e. The van der Waals surface area contributed by atoms with E-state index >= 15 is 0 Å². The Morgan fingerprint density at radius 2 is 2.03 bits per heavy atom. The van der Waals surface area contributed by atoms with Gasteiger partial charge in [0.15, 0.2) is 11.9 Å². The van der Waals surface area contributed by atoms with Crippen LogP contribution in [0.2, 0.25) is 0 Å². The molecule has 6 rings (SSSR count). The number of halogens is 3. The molecule has 1 saturated carbocycles. The fourth-order valence-electron chi connectivity index (χ4n) is 3.63. The Morgan fingerprint density at radius 1 is 1.18 bits per heavy atom. The van der Waals surface area contributed by atoms with Crippen LogP contribution in [0, 0.1) is 0 Å². The normalized spacial score (nSPS) is 14.3. The average Bonchev–Trinajstić information content (AvgIpc) is 3.15. The van der Waals surface area contributed by atoms with Crippen LogP contribution < -0.4 is 20.1 Å². The summed E-state index contributed by atoms with van der Waals surface area (Å²) in [7, 11) is 1.30. The number of aromatic nitrogens is 8. The number of benzene rings is 1. The van der Waals surface area contributed by atoms with E-state index in [1.54, 1.807) is 6.20 Å². The third-order valence-corrected chi connectivity index (χ3v) is 6.22. The van der Waals surface area contributed by atoms with Crippen molar-refractivity contribution in [3.05, 3.63) is 35.8 Å². The summed E-state index contributed by atoms with van der Waals surface area (Å²) < 4.78 is 42.6. The summed E-state index contributed by atoms with van der Waals surface area (Å²) >= 11 is 1.47. The van der Waals surface area contributed by atoms with Gasteiger partial charge in [-0.2, -0.15) is 20.4 Å². The van der Waals surface area contributed by atoms with Gasteiger partial charge in [0.1, 0.15) is 7.05 Å². The number of anilines is 4. The Kier molecular flexibility index (Phi) is 4.27. The van der Waals surface area contributed by atoms with Gasteiger partial charge in [0.05, 0.1) is 26.7 Å². The number of fused-ring (bicyclic) bond motifs is 2. The molecule has 5 aromatic rings. The highest BCUT2D eigenvalue weighted by atomic mass is 32.1. The smallest absolute Gasteiger partial charge is 0.339 e. The molecule has 4 aromatic heterocycles. The minimum Gasteiger partial charge on any atom is -0.339 e. The molecule has 168 valence electrons. The summed E-state index contributed by atoms with van der Waals surface area (Å²) in [4.78, 5) is 10.1. The molecular formula is C19H17F3N10S+2. The van der Waals surface area contributed by atoms with Crippen LogP contribution in [0.1, 0.15) is 18.9 Å². The molecule has 0 spiro atoms. The van der Waals surface area contributed by atoms with Gasteiger partial charge in [0, 0.05) is 15.9 Å². The maximum atomic E-state index is 13.6. The molecular weight excluding hydrogens is 457 g/mol. The number of alkyl halides is 3. The zero-order chi connectivity index (χ0) is 22.7. The van der Waals surface area contributed by atoms with Gasteiger partial charge in [-0.05, 0) is 42.5 Å². The van der Waals surface area contributed by atoms with Crippen LogP contribution in [0.25, 0.3) is 21.1 Å². The van der Waals surface area contributed by atoms with E-state index in [-0.39, 0.29) is 22.7 Å². The van der Waals surface area contributed by atoms with Crippen LogP contribution in [-0.2, 0) is 13.3 Å². The number of aromatic amines is 1. The zero-order valence-corrected chi connectivity index (χ0v) is 17.9. The van der Waals surface area contributed by atoms with Crippen molar-refractivity contribution in [1.29, 1.82) is 0 Å². The molecule has 0 bridgehead atoms. The van der Waals surface area contributed by atoms with Gasteiger partial charge in [-0.3, -0.25) is 5.10 Å². The van der Waals surface area contributed by atoms with Gasteiger partial charge in [-0.1, -0.05) is 4.68 Å². The Hall–Kier alpha value is -3.81. The Balaban J connectivity index is 1.38. The molecule has 0 radical (unpaired) electrons. The molecule has 33 heavy (non-hydrogen) atoms. The molecule has 1 fully saturated rings. The van der Waals surface area contributed by atoms with Gasteiger partial charge < -0.3 is 5.32 Å². The first-order valence-electron chi connectivity index (χ1n) is 10.1. The lowest BCUT2D eigenvalue weighted by Crippen LogP contribution is -2.59. The molecule has 0 amide bonds. The van der Waals surface area contributed by atoms with Crippen molar-refractivity contribution in [1.82, 2.24) is 30.1 Å². The highest BCUT2D eigenvalue weighted by Crippen LogP contribution is 2.32. The SMILES string of the molecule is C[n+]1c(Nc2nc(Nc3ccc4[nH]ncc4c3)c3sccc3n2)n[n+](C2CC2)n1C(F)(F)F. The van der Waals surface area contributed by atoms with Crippen molar-refractivity contribution in [3.63, 3.8) is 0 Å². The second-order valence-corrected chi connectivity index (χ2v) is 8.62. The van der Waals surface area contributed by atoms with Crippen LogP contribution in [0.4, 0.5) is 36.6 Å². The number of rotatable bonds is 5. The molecule has 1 aliphatic rings. The lowest BCUT2D eigenvalue weighted by Gasteiger charge is -2.07. The van der Waals surface area contributed by atoms with Crippen molar-refractivity contribution < 1.29 is 22.6 Å². The number of H-pyrrole nitrogens is 1. The molecule has 14 heteroatoms.